The zero-order valence-electron chi connectivity index (χ0n) is 14.0. The first-order valence-electron chi connectivity index (χ1n) is 8.86. The van der Waals surface area contributed by atoms with E-state index < -0.39 is 0 Å². The Bertz CT molecular complexity index is 747. The van der Waals surface area contributed by atoms with Crippen molar-refractivity contribution < 1.29 is 9.53 Å². The van der Waals surface area contributed by atoms with E-state index in [0.29, 0.717) is 19.1 Å². The fourth-order valence-electron chi connectivity index (χ4n) is 3.95. The van der Waals surface area contributed by atoms with Crippen molar-refractivity contribution in [2.45, 2.75) is 51.0 Å². The minimum absolute atomic E-state index is 0.0457. The molecular weight excluding hydrogens is 302 g/mol. The third-order valence-corrected chi connectivity index (χ3v) is 5.09. The van der Waals surface area contributed by atoms with E-state index in [1.807, 2.05) is 36.0 Å². The molecule has 24 heavy (non-hydrogen) atoms. The van der Waals surface area contributed by atoms with Crippen molar-refractivity contribution in [1.29, 1.82) is 0 Å². The summed E-state index contributed by atoms with van der Waals surface area (Å²) in [6.07, 6.45) is 7.17. The van der Waals surface area contributed by atoms with Crippen LogP contribution in [-0.4, -0.2) is 22.3 Å². The van der Waals surface area contributed by atoms with Crippen LogP contribution in [0.3, 0.4) is 0 Å². The first kappa shape index (κ1) is 15.2. The summed E-state index contributed by atoms with van der Waals surface area (Å²) in [5.41, 5.74) is 2.23. The molecule has 2 aliphatic rings. The molecule has 1 amide bonds. The molecule has 2 aromatic rings. The number of ether oxygens (including phenoxy) is 1. The Hall–Kier alpha value is -2.30. The molecule has 5 heteroatoms. The van der Waals surface area contributed by atoms with E-state index in [-0.39, 0.29) is 11.8 Å². The molecule has 1 saturated carbocycles. The molecule has 1 atom stereocenters. The van der Waals surface area contributed by atoms with Crippen LogP contribution in [0.2, 0.25) is 0 Å². The summed E-state index contributed by atoms with van der Waals surface area (Å²) < 4.78 is 7.66. The van der Waals surface area contributed by atoms with Crippen LogP contribution in [0.1, 0.15) is 62.1 Å². The Kier molecular flexibility index (Phi) is 4.00. The van der Waals surface area contributed by atoms with Gasteiger partial charge in [0, 0.05) is 17.9 Å². The SMILES string of the molecule is CCOc1cccc([C@@H]2CC(=O)Nc3c2cnn3C2CCCC2)c1. The highest BCUT2D eigenvalue weighted by Gasteiger charge is 2.32. The lowest BCUT2D eigenvalue weighted by molar-refractivity contribution is -0.116. The summed E-state index contributed by atoms with van der Waals surface area (Å²) in [4.78, 5) is 12.3. The summed E-state index contributed by atoms with van der Waals surface area (Å²) in [5.74, 6) is 1.86. The van der Waals surface area contributed by atoms with Gasteiger partial charge in [0.2, 0.25) is 5.91 Å². The molecule has 0 unspecified atom stereocenters. The lowest BCUT2D eigenvalue weighted by atomic mass is 9.87. The molecule has 0 spiro atoms. The number of rotatable bonds is 4. The van der Waals surface area contributed by atoms with Crippen LogP contribution in [0.5, 0.6) is 5.75 Å². The predicted molar refractivity (Wildman–Crippen MR) is 92.4 cm³/mol. The Morgan fingerprint density at radius 1 is 1.33 bits per heavy atom. The molecule has 5 nitrogen and oxygen atoms in total. The molecule has 126 valence electrons. The summed E-state index contributed by atoms with van der Waals surface area (Å²) in [6, 6.07) is 8.49. The number of hydrogen-bond donors (Lipinski definition) is 1. The van der Waals surface area contributed by atoms with Crippen molar-refractivity contribution in [2.24, 2.45) is 0 Å². The Morgan fingerprint density at radius 2 is 2.17 bits per heavy atom. The van der Waals surface area contributed by atoms with Gasteiger partial charge in [0.05, 0.1) is 18.8 Å². The van der Waals surface area contributed by atoms with Crippen LogP contribution < -0.4 is 10.1 Å². The van der Waals surface area contributed by atoms with Gasteiger partial charge in [-0.1, -0.05) is 25.0 Å². The predicted octanol–water partition coefficient (Wildman–Crippen LogP) is 3.87. The lowest BCUT2D eigenvalue weighted by Crippen LogP contribution is -2.25. The van der Waals surface area contributed by atoms with Crippen molar-refractivity contribution >= 4 is 11.7 Å². The molecule has 1 aromatic heterocycles. The minimum Gasteiger partial charge on any atom is -0.494 e. The fourth-order valence-corrected chi connectivity index (χ4v) is 3.95. The van der Waals surface area contributed by atoms with E-state index >= 15 is 0 Å². The molecule has 2 heterocycles. The van der Waals surface area contributed by atoms with Gasteiger partial charge in [-0.25, -0.2) is 4.68 Å². The van der Waals surface area contributed by atoms with E-state index in [2.05, 4.69) is 16.5 Å². The number of nitrogens with one attached hydrogen (secondary N) is 1. The van der Waals surface area contributed by atoms with E-state index in [9.17, 15) is 4.79 Å². The van der Waals surface area contributed by atoms with E-state index in [1.165, 1.54) is 12.8 Å². The molecule has 1 aliphatic heterocycles. The van der Waals surface area contributed by atoms with E-state index in [1.54, 1.807) is 0 Å². The molecule has 1 aromatic carbocycles. The third-order valence-electron chi connectivity index (χ3n) is 5.09. The average Bonchev–Trinajstić information content (AvgIpc) is 3.23. The maximum atomic E-state index is 12.3. The summed E-state index contributed by atoms with van der Waals surface area (Å²) in [5, 5.41) is 7.67. The first-order chi connectivity index (χ1) is 11.8. The molecule has 1 aliphatic carbocycles. The highest BCUT2D eigenvalue weighted by Crippen LogP contribution is 2.41. The van der Waals surface area contributed by atoms with Gasteiger partial charge in [-0.15, -0.1) is 0 Å². The second kappa shape index (κ2) is 6.30. The number of carbonyl (C=O) groups is 1. The largest absolute Gasteiger partial charge is 0.494 e. The van der Waals surface area contributed by atoms with Crippen LogP contribution in [-0.2, 0) is 4.79 Å². The molecule has 1 fully saturated rings. The van der Waals surface area contributed by atoms with Crippen LogP contribution in [0.15, 0.2) is 30.5 Å². The number of benzene rings is 1. The monoisotopic (exact) mass is 325 g/mol. The van der Waals surface area contributed by atoms with Gasteiger partial charge in [-0.2, -0.15) is 5.10 Å². The minimum atomic E-state index is 0.0457. The van der Waals surface area contributed by atoms with Crippen molar-refractivity contribution in [3.63, 3.8) is 0 Å². The molecule has 0 bridgehead atoms. The first-order valence-corrected chi connectivity index (χ1v) is 8.86. The second-order valence-corrected chi connectivity index (χ2v) is 6.64. The van der Waals surface area contributed by atoms with Gasteiger partial charge in [0.1, 0.15) is 11.6 Å². The molecule has 0 saturated heterocycles. The molecular formula is C19H23N3O2. The lowest BCUT2D eigenvalue weighted by Gasteiger charge is -2.25. The maximum Gasteiger partial charge on any atom is 0.226 e. The van der Waals surface area contributed by atoms with Crippen LogP contribution in [0.4, 0.5) is 5.82 Å². The zero-order chi connectivity index (χ0) is 16.5. The molecule has 0 radical (unpaired) electrons. The van der Waals surface area contributed by atoms with Crippen LogP contribution >= 0.6 is 0 Å². The number of aromatic nitrogens is 2. The fraction of sp³-hybridized carbons (Fsp3) is 0.474. The second-order valence-electron chi connectivity index (χ2n) is 6.64. The van der Waals surface area contributed by atoms with Crippen molar-refractivity contribution in [3.8, 4) is 5.75 Å². The van der Waals surface area contributed by atoms with Crippen LogP contribution in [0, 0.1) is 0 Å². The molecule has 4 rings (SSSR count). The Morgan fingerprint density at radius 3 is 2.96 bits per heavy atom. The van der Waals surface area contributed by atoms with Gasteiger partial charge < -0.3 is 10.1 Å². The number of hydrogen-bond acceptors (Lipinski definition) is 3. The van der Waals surface area contributed by atoms with Crippen molar-refractivity contribution in [2.75, 3.05) is 11.9 Å². The normalized spacial score (nSPS) is 20.7. The summed E-state index contributed by atoms with van der Waals surface area (Å²) >= 11 is 0. The quantitative estimate of drug-likeness (QED) is 0.928. The van der Waals surface area contributed by atoms with Gasteiger partial charge >= 0.3 is 0 Å². The maximum absolute atomic E-state index is 12.3. The van der Waals surface area contributed by atoms with E-state index in [4.69, 9.17) is 4.74 Å². The number of carbonyl (C=O) groups excluding carboxylic acids is 1. The highest BCUT2D eigenvalue weighted by molar-refractivity contribution is 5.94. The standard InChI is InChI=1S/C19H23N3O2/c1-2-24-15-9-5-6-13(10-15)16-11-18(23)21-19-17(16)12-20-22(19)14-7-3-4-8-14/h5-6,9-10,12,14,16H,2-4,7-8,11H2,1H3,(H,21,23)/t16-/m0/s1. The molecule has 1 N–H and O–H groups in total. The third kappa shape index (κ3) is 2.68. The van der Waals surface area contributed by atoms with Gasteiger partial charge in [-0.05, 0) is 37.5 Å². The number of fused-ring (bicyclic) bond motifs is 1. The smallest absolute Gasteiger partial charge is 0.226 e. The zero-order valence-corrected chi connectivity index (χ0v) is 14.0. The van der Waals surface area contributed by atoms with Gasteiger partial charge in [0.25, 0.3) is 0 Å². The number of anilines is 1. The van der Waals surface area contributed by atoms with E-state index in [0.717, 1.165) is 35.5 Å². The summed E-state index contributed by atoms with van der Waals surface area (Å²) in [7, 11) is 0. The summed E-state index contributed by atoms with van der Waals surface area (Å²) in [6.45, 7) is 2.62. The number of amides is 1. The van der Waals surface area contributed by atoms with Crippen molar-refractivity contribution in [3.05, 3.63) is 41.6 Å². The Labute approximate surface area is 142 Å². The number of nitrogens with zero attached hydrogens (tertiary/aromatic N) is 2. The topological polar surface area (TPSA) is 56.1 Å². The average molecular weight is 325 g/mol. The van der Waals surface area contributed by atoms with Gasteiger partial charge in [0.15, 0.2) is 0 Å². The highest BCUT2D eigenvalue weighted by atomic mass is 16.5. The van der Waals surface area contributed by atoms with Crippen LogP contribution in [0.25, 0.3) is 0 Å². The Balaban J connectivity index is 1.71. The van der Waals surface area contributed by atoms with Crippen molar-refractivity contribution in [1.82, 2.24) is 9.78 Å². The van der Waals surface area contributed by atoms with Gasteiger partial charge in [-0.3, -0.25) is 4.79 Å².